The van der Waals surface area contributed by atoms with E-state index < -0.39 is 0 Å². The molecule has 2 aromatic carbocycles. The number of Topliss-reactive ketones (excluding diaryl/α,β-unsaturated/α-hetero) is 1. The fraction of sp³-hybridized carbons (Fsp3) is 0.360. The summed E-state index contributed by atoms with van der Waals surface area (Å²) in [5.74, 6) is 0.407. The molecule has 0 radical (unpaired) electrons. The van der Waals surface area contributed by atoms with Crippen LogP contribution in [-0.4, -0.2) is 41.5 Å². The molecule has 0 atom stereocenters. The van der Waals surface area contributed by atoms with Crippen LogP contribution in [-0.2, 0) is 16.1 Å². The van der Waals surface area contributed by atoms with E-state index in [0.29, 0.717) is 56.0 Å². The number of likely N-dealkylation sites (tertiary alicyclic amines) is 1. The van der Waals surface area contributed by atoms with Crippen LogP contribution in [0.3, 0.4) is 0 Å². The fourth-order valence-electron chi connectivity index (χ4n) is 4.15. The van der Waals surface area contributed by atoms with E-state index in [0.717, 1.165) is 11.1 Å². The molecule has 0 amide bonds. The topological polar surface area (TPSA) is 76.1 Å². The minimum atomic E-state index is -0.180. The zero-order chi connectivity index (χ0) is 22.0. The van der Waals surface area contributed by atoms with Crippen LogP contribution in [0.4, 0.5) is 0 Å². The highest BCUT2D eigenvalue weighted by Crippen LogP contribution is 2.40. The van der Waals surface area contributed by atoms with Crippen molar-refractivity contribution in [2.75, 3.05) is 19.7 Å². The molecule has 6 nitrogen and oxygen atoms in total. The molecule has 2 aromatic rings. The van der Waals surface area contributed by atoms with Crippen LogP contribution in [0.1, 0.15) is 46.8 Å². The molecule has 162 valence electrons. The molecule has 0 aliphatic carbocycles. The van der Waals surface area contributed by atoms with Gasteiger partial charge in [0.25, 0.3) is 0 Å². The lowest BCUT2D eigenvalue weighted by Crippen LogP contribution is -2.36. The van der Waals surface area contributed by atoms with Gasteiger partial charge in [0.15, 0.2) is 5.76 Å². The first-order chi connectivity index (χ1) is 15.0. The number of aryl methyl sites for hydroxylation is 1. The summed E-state index contributed by atoms with van der Waals surface area (Å²) in [5.41, 5.74) is 3.04. The Morgan fingerprint density at radius 2 is 1.97 bits per heavy atom. The van der Waals surface area contributed by atoms with Crippen LogP contribution in [0.25, 0.3) is 6.08 Å². The average molecular weight is 421 g/mol. The highest BCUT2D eigenvalue weighted by molar-refractivity contribution is 6.15. The molecule has 1 N–H and O–H groups in total. The Labute approximate surface area is 182 Å². The molecule has 2 heterocycles. The molecule has 4 rings (SSSR count). The molecular formula is C25H27NO5. The van der Waals surface area contributed by atoms with Crippen molar-refractivity contribution in [3.8, 4) is 11.5 Å². The van der Waals surface area contributed by atoms with E-state index in [1.54, 1.807) is 18.2 Å². The van der Waals surface area contributed by atoms with Gasteiger partial charge in [0.1, 0.15) is 11.5 Å². The number of rotatable bonds is 5. The first-order valence-corrected chi connectivity index (χ1v) is 10.7. The first-order valence-electron chi connectivity index (χ1n) is 10.7. The number of ether oxygens (including phenoxy) is 2. The second-order valence-corrected chi connectivity index (χ2v) is 8.04. The number of ketones is 1. The molecule has 1 fully saturated rings. The average Bonchev–Trinajstić information content (AvgIpc) is 3.08. The van der Waals surface area contributed by atoms with Gasteiger partial charge in [-0.15, -0.1) is 0 Å². The third kappa shape index (κ3) is 4.35. The Morgan fingerprint density at radius 1 is 1.23 bits per heavy atom. The van der Waals surface area contributed by atoms with E-state index >= 15 is 0 Å². The molecule has 2 aliphatic heterocycles. The third-order valence-electron chi connectivity index (χ3n) is 5.98. The van der Waals surface area contributed by atoms with Gasteiger partial charge < -0.3 is 14.6 Å². The Morgan fingerprint density at radius 3 is 2.68 bits per heavy atom. The largest absolute Gasteiger partial charge is 0.507 e. The monoisotopic (exact) mass is 421 g/mol. The van der Waals surface area contributed by atoms with Gasteiger partial charge >= 0.3 is 5.97 Å². The smallest absolute Gasteiger partial charge is 0.309 e. The molecular weight excluding hydrogens is 394 g/mol. The number of benzene rings is 2. The number of phenolic OH excluding ortho intramolecular Hbond substituents is 1. The molecule has 0 aromatic heterocycles. The van der Waals surface area contributed by atoms with Gasteiger partial charge in [-0.05, 0) is 69.1 Å². The first kappa shape index (κ1) is 21.1. The zero-order valence-electron chi connectivity index (χ0n) is 17.9. The Bertz CT molecular complexity index is 1030. The number of aromatic hydroxyl groups is 1. The van der Waals surface area contributed by atoms with Crippen LogP contribution in [0.5, 0.6) is 11.5 Å². The number of esters is 1. The lowest BCUT2D eigenvalue weighted by atomic mass is 9.96. The maximum Gasteiger partial charge on any atom is 0.309 e. The van der Waals surface area contributed by atoms with Crippen LogP contribution >= 0.6 is 0 Å². The highest BCUT2D eigenvalue weighted by Gasteiger charge is 2.33. The minimum absolute atomic E-state index is 0.0761. The van der Waals surface area contributed by atoms with E-state index in [-0.39, 0.29) is 29.2 Å². The highest BCUT2D eigenvalue weighted by atomic mass is 16.5. The summed E-state index contributed by atoms with van der Waals surface area (Å²) >= 11 is 0. The van der Waals surface area contributed by atoms with Gasteiger partial charge in [-0.1, -0.05) is 24.3 Å². The Balaban J connectivity index is 1.52. The van der Waals surface area contributed by atoms with E-state index in [2.05, 4.69) is 4.90 Å². The molecule has 0 saturated carbocycles. The van der Waals surface area contributed by atoms with E-state index in [1.807, 2.05) is 38.1 Å². The van der Waals surface area contributed by atoms with Crippen molar-refractivity contribution in [2.45, 2.75) is 33.2 Å². The van der Waals surface area contributed by atoms with Crippen molar-refractivity contribution in [3.63, 3.8) is 0 Å². The van der Waals surface area contributed by atoms with E-state index in [4.69, 9.17) is 9.47 Å². The number of carbonyl (C=O) groups excluding carboxylic acids is 2. The quantitative estimate of drug-likeness (QED) is 0.579. The van der Waals surface area contributed by atoms with Crippen LogP contribution in [0.2, 0.25) is 0 Å². The summed E-state index contributed by atoms with van der Waals surface area (Å²) in [4.78, 5) is 27.0. The number of phenols is 1. The molecule has 0 unspecified atom stereocenters. The molecule has 2 aliphatic rings. The normalized spacial score (nSPS) is 18.1. The molecule has 6 heteroatoms. The van der Waals surface area contributed by atoms with Crippen molar-refractivity contribution < 1.29 is 24.2 Å². The summed E-state index contributed by atoms with van der Waals surface area (Å²) in [6.45, 7) is 6.08. The van der Waals surface area contributed by atoms with Crippen LogP contribution < -0.4 is 4.74 Å². The predicted octanol–water partition coefficient (Wildman–Crippen LogP) is 4.09. The van der Waals surface area contributed by atoms with Crippen molar-refractivity contribution in [1.29, 1.82) is 0 Å². The van der Waals surface area contributed by atoms with Crippen molar-refractivity contribution in [2.24, 2.45) is 5.92 Å². The number of piperidine rings is 1. The number of hydrogen-bond acceptors (Lipinski definition) is 6. The maximum atomic E-state index is 12.9. The number of hydrogen-bond donors (Lipinski definition) is 1. The second kappa shape index (κ2) is 8.94. The summed E-state index contributed by atoms with van der Waals surface area (Å²) in [6.07, 6.45) is 3.18. The van der Waals surface area contributed by atoms with Crippen molar-refractivity contribution in [1.82, 2.24) is 4.90 Å². The third-order valence-corrected chi connectivity index (χ3v) is 5.98. The number of carbonyl (C=O) groups is 2. The zero-order valence-corrected chi connectivity index (χ0v) is 17.9. The molecule has 0 spiro atoms. The van der Waals surface area contributed by atoms with Crippen molar-refractivity contribution in [3.05, 3.63) is 64.4 Å². The standard InChI is InChI=1S/C25H27NO5/c1-3-30-25(29)17-10-12-26(13-11-17)15-20-21(27)9-8-19-23(28)22(31-24(19)20)14-18-7-5-4-6-16(18)2/h4-9,14,17,27H,3,10-13,15H2,1-2H3/b22-14+. The Hall–Kier alpha value is -3.12. The number of allylic oxidation sites excluding steroid dienone is 1. The van der Waals surface area contributed by atoms with Gasteiger partial charge in [0.2, 0.25) is 5.78 Å². The lowest BCUT2D eigenvalue weighted by Gasteiger charge is -2.31. The minimum Gasteiger partial charge on any atom is -0.507 e. The summed E-state index contributed by atoms with van der Waals surface area (Å²) in [5, 5.41) is 10.5. The predicted molar refractivity (Wildman–Crippen MR) is 117 cm³/mol. The number of fused-ring (bicyclic) bond motifs is 1. The number of nitrogens with zero attached hydrogens (tertiary/aromatic N) is 1. The Kier molecular flexibility index (Phi) is 6.09. The van der Waals surface area contributed by atoms with E-state index in [9.17, 15) is 14.7 Å². The van der Waals surface area contributed by atoms with Gasteiger partial charge in [-0.3, -0.25) is 14.5 Å². The lowest BCUT2D eigenvalue weighted by molar-refractivity contribution is -0.149. The van der Waals surface area contributed by atoms with Crippen molar-refractivity contribution >= 4 is 17.8 Å². The molecule has 31 heavy (non-hydrogen) atoms. The van der Waals surface area contributed by atoms with Gasteiger partial charge in [-0.25, -0.2) is 0 Å². The van der Waals surface area contributed by atoms with Crippen LogP contribution in [0, 0.1) is 12.8 Å². The molecule has 0 bridgehead atoms. The summed E-state index contributed by atoms with van der Waals surface area (Å²) in [7, 11) is 0. The van der Waals surface area contributed by atoms with E-state index in [1.165, 1.54) is 0 Å². The summed E-state index contributed by atoms with van der Waals surface area (Å²) in [6, 6.07) is 11.0. The van der Waals surface area contributed by atoms with Gasteiger partial charge in [0.05, 0.1) is 23.7 Å². The second-order valence-electron chi connectivity index (χ2n) is 8.04. The van der Waals surface area contributed by atoms with Gasteiger partial charge in [-0.2, -0.15) is 0 Å². The fourth-order valence-corrected chi connectivity index (χ4v) is 4.15. The van der Waals surface area contributed by atoms with Gasteiger partial charge in [0, 0.05) is 6.54 Å². The summed E-state index contributed by atoms with van der Waals surface area (Å²) < 4.78 is 11.1. The molecule has 1 saturated heterocycles. The maximum absolute atomic E-state index is 12.9. The SMILES string of the molecule is CCOC(=O)C1CCN(Cc2c(O)ccc3c2O/C(=C/c2ccccc2C)C3=O)CC1. The van der Waals surface area contributed by atoms with Crippen LogP contribution in [0.15, 0.2) is 42.2 Å².